The molecule has 0 radical (unpaired) electrons. The lowest BCUT2D eigenvalue weighted by Crippen LogP contribution is -2.48. The molecular weight excluding hydrogens is 260 g/mol. The Balaban J connectivity index is 1.66. The first kappa shape index (κ1) is 14.9. The summed E-state index contributed by atoms with van der Waals surface area (Å²) < 4.78 is 6.39. The predicted molar refractivity (Wildman–Crippen MR) is 86.8 cm³/mol. The van der Waals surface area contributed by atoms with E-state index < -0.39 is 0 Å². The van der Waals surface area contributed by atoms with E-state index in [2.05, 4.69) is 49.2 Å². The molecule has 1 aromatic carbocycles. The maximum absolute atomic E-state index is 6.39. The maximum atomic E-state index is 6.39. The predicted octanol–water partition coefficient (Wildman–Crippen LogP) is 2.97. The van der Waals surface area contributed by atoms with Crippen LogP contribution in [0, 0.1) is 0 Å². The highest BCUT2D eigenvalue weighted by atomic mass is 16.5. The summed E-state index contributed by atoms with van der Waals surface area (Å²) in [7, 11) is 0. The van der Waals surface area contributed by atoms with Gasteiger partial charge in [0.15, 0.2) is 0 Å². The second-order valence-corrected chi connectivity index (χ2v) is 7.04. The Kier molecular flexibility index (Phi) is 4.23. The summed E-state index contributed by atoms with van der Waals surface area (Å²) in [6.45, 7) is 11.2. The highest BCUT2D eigenvalue weighted by Crippen LogP contribution is 2.30. The molecule has 3 rings (SSSR count). The SMILES string of the molecule is CC(C)N1CCC(C)(Oc2ccc3c(c2)CCNC3)CC1. The Bertz CT molecular complexity index is 490. The van der Waals surface area contributed by atoms with Crippen LogP contribution in [0.2, 0.25) is 0 Å². The van der Waals surface area contributed by atoms with Crippen molar-refractivity contribution in [3.63, 3.8) is 0 Å². The van der Waals surface area contributed by atoms with Crippen LogP contribution in [0.1, 0.15) is 44.7 Å². The lowest BCUT2D eigenvalue weighted by atomic mass is 9.92. The average Bonchev–Trinajstić information content (AvgIpc) is 2.47. The number of benzene rings is 1. The number of piperidine rings is 1. The summed E-state index contributed by atoms with van der Waals surface area (Å²) in [6, 6.07) is 7.27. The molecule has 0 amide bonds. The van der Waals surface area contributed by atoms with Crippen LogP contribution >= 0.6 is 0 Å². The molecule has 0 unspecified atom stereocenters. The van der Waals surface area contributed by atoms with E-state index in [-0.39, 0.29) is 5.60 Å². The van der Waals surface area contributed by atoms with Crippen molar-refractivity contribution < 1.29 is 4.74 Å². The first-order valence-electron chi connectivity index (χ1n) is 8.31. The molecule has 1 saturated heterocycles. The van der Waals surface area contributed by atoms with Gasteiger partial charge in [0.1, 0.15) is 11.4 Å². The first-order valence-corrected chi connectivity index (χ1v) is 8.31. The number of hydrogen-bond acceptors (Lipinski definition) is 3. The third kappa shape index (κ3) is 3.41. The number of nitrogens with zero attached hydrogens (tertiary/aromatic N) is 1. The third-order valence-corrected chi connectivity index (χ3v) is 5.01. The van der Waals surface area contributed by atoms with Gasteiger partial charge in [-0.1, -0.05) is 6.07 Å². The van der Waals surface area contributed by atoms with Gasteiger partial charge in [-0.25, -0.2) is 0 Å². The second-order valence-electron chi connectivity index (χ2n) is 7.04. The number of nitrogens with one attached hydrogen (secondary N) is 1. The van der Waals surface area contributed by atoms with Crippen molar-refractivity contribution in [3.05, 3.63) is 29.3 Å². The number of fused-ring (bicyclic) bond motifs is 1. The van der Waals surface area contributed by atoms with Crippen LogP contribution in [-0.2, 0) is 13.0 Å². The highest BCUT2D eigenvalue weighted by molar-refractivity contribution is 5.37. The monoisotopic (exact) mass is 288 g/mol. The molecular formula is C18H28N2O. The van der Waals surface area contributed by atoms with Crippen LogP contribution in [0.5, 0.6) is 5.75 Å². The van der Waals surface area contributed by atoms with Crippen LogP contribution in [0.25, 0.3) is 0 Å². The van der Waals surface area contributed by atoms with Crippen LogP contribution in [0.15, 0.2) is 18.2 Å². The van der Waals surface area contributed by atoms with Gasteiger partial charge in [0.2, 0.25) is 0 Å². The molecule has 0 aromatic heterocycles. The summed E-state index contributed by atoms with van der Waals surface area (Å²) in [5, 5.41) is 3.42. The zero-order valence-electron chi connectivity index (χ0n) is 13.6. The van der Waals surface area contributed by atoms with Crippen molar-refractivity contribution in [3.8, 4) is 5.75 Å². The van der Waals surface area contributed by atoms with E-state index in [1.165, 1.54) is 11.1 Å². The van der Waals surface area contributed by atoms with Crippen molar-refractivity contribution in [1.82, 2.24) is 10.2 Å². The van der Waals surface area contributed by atoms with Gasteiger partial charge < -0.3 is 15.0 Å². The first-order chi connectivity index (χ1) is 10.1. The molecule has 2 heterocycles. The minimum Gasteiger partial charge on any atom is -0.487 e. The molecule has 0 atom stereocenters. The van der Waals surface area contributed by atoms with E-state index >= 15 is 0 Å². The van der Waals surface area contributed by atoms with Gasteiger partial charge in [0, 0.05) is 25.7 Å². The fourth-order valence-corrected chi connectivity index (χ4v) is 3.42. The zero-order valence-corrected chi connectivity index (χ0v) is 13.6. The average molecular weight is 288 g/mol. The van der Waals surface area contributed by atoms with E-state index in [1.807, 2.05) is 0 Å². The molecule has 0 aliphatic carbocycles. The molecule has 3 nitrogen and oxygen atoms in total. The van der Waals surface area contributed by atoms with Crippen LogP contribution in [0.4, 0.5) is 0 Å². The summed E-state index contributed by atoms with van der Waals surface area (Å²) in [5.41, 5.74) is 2.87. The molecule has 3 heteroatoms. The molecule has 2 aliphatic rings. The van der Waals surface area contributed by atoms with E-state index in [0.717, 1.165) is 51.2 Å². The quantitative estimate of drug-likeness (QED) is 0.925. The standard InChI is InChI=1S/C18H28N2O/c1-14(2)20-10-7-18(3,8-11-20)21-17-5-4-16-13-19-9-6-15(16)12-17/h4-5,12,14,19H,6-11,13H2,1-3H3. The topological polar surface area (TPSA) is 24.5 Å². The lowest BCUT2D eigenvalue weighted by molar-refractivity contribution is 0.00793. The number of likely N-dealkylation sites (tertiary alicyclic amines) is 1. The van der Waals surface area contributed by atoms with Gasteiger partial charge in [-0.2, -0.15) is 0 Å². The van der Waals surface area contributed by atoms with Crippen LogP contribution in [0.3, 0.4) is 0 Å². The highest BCUT2D eigenvalue weighted by Gasteiger charge is 2.32. The normalized spacial score (nSPS) is 22.1. The molecule has 1 fully saturated rings. The van der Waals surface area contributed by atoms with Gasteiger partial charge >= 0.3 is 0 Å². The molecule has 116 valence electrons. The van der Waals surface area contributed by atoms with Crippen molar-refractivity contribution >= 4 is 0 Å². The third-order valence-electron chi connectivity index (χ3n) is 5.01. The second kappa shape index (κ2) is 5.98. The molecule has 0 bridgehead atoms. The number of rotatable bonds is 3. The molecule has 1 aromatic rings. The molecule has 21 heavy (non-hydrogen) atoms. The number of hydrogen-bond donors (Lipinski definition) is 1. The summed E-state index contributed by atoms with van der Waals surface area (Å²) in [6.07, 6.45) is 3.35. The molecule has 2 aliphatic heterocycles. The molecule has 1 N–H and O–H groups in total. The van der Waals surface area contributed by atoms with Crippen molar-refractivity contribution in [2.45, 2.75) is 58.2 Å². The van der Waals surface area contributed by atoms with Gasteiger partial charge in [-0.3, -0.25) is 0 Å². The Morgan fingerprint density at radius 3 is 2.67 bits per heavy atom. The van der Waals surface area contributed by atoms with Crippen molar-refractivity contribution in [1.29, 1.82) is 0 Å². The summed E-state index contributed by atoms with van der Waals surface area (Å²) in [4.78, 5) is 2.55. The maximum Gasteiger partial charge on any atom is 0.120 e. The summed E-state index contributed by atoms with van der Waals surface area (Å²) in [5.74, 6) is 1.05. The number of ether oxygens (including phenoxy) is 1. The Labute approximate surface area is 128 Å². The Morgan fingerprint density at radius 1 is 1.19 bits per heavy atom. The van der Waals surface area contributed by atoms with Gasteiger partial charge in [-0.15, -0.1) is 0 Å². The lowest BCUT2D eigenvalue weighted by Gasteiger charge is -2.41. The van der Waals surface area contributed by atoms with Crippen molar-refractivity contribution in [2.24, 2.45) is 0 Å². The van der Waals surface area contributed by atoms with Gasteiger partial charge in [0.25, 0.3) is 0 Å². The van der Waals surface area contributed by atoms with Crippen molar-refractivity contribution in [2.75, 3.05) is 19.6 Å². The Hall–Kier alpha value is -1.06. The van der Waals surface area contributed by atoms with E-state index in [1.54, 1.807) is 0 Å². The minimum absolute atomic E-state index is 0.00740. The smallest absolute Gasteiger partial charge is 0.120 e. The van der Waals surface area contributed by atoms with Gasteiger partial charge in [-0.05, 0) is 69.8 Å². The van der Waals surface area contributed by atoms with E-state index in [9.17, 15) is 0 Å². The van der Waals surface area contributed by atoms with Gasteiger partial charge in [0.05, 0.1) is 0 Å². The minimum atomic E-state index is -0.00740. The van der Waals surface area contributed by atoms with E-state index in [4.69, 9.17) is 4.74 Å². The fourth-order valence-electron chi connectivity index (χ4n) is 3.42. The molecule has 0 spiro atoms. The Morgan fingerprint density at radius 2 is 1.95 bits per heavy atom. The fraction of sp³-hybridized carbons (Fsp3) is 0.667. The van der Waals surface area contributed by atoms with Crippen LogP contribution < -0.4 is 10.1 Å². The largest absolute Gasteiger partial charge is 0.487 e. The summed E-state index contributed by atoms with van der Waals surface area (Å²) >= 11 is 0. The van der Waals surface area contributed by atoms with Crippen LogP contribution in [-0.4, -0.2) is 36.2 Å². The molecule has 0 saturated carbocycles. The zero-order chi connectivity index (χ0) is 14.9. The van der Waals surface area contributed by atoms with E-state index in [0.29, 0.717) is 6.04 Å².